The van der Waals surface area contributed by atoms with Gasteiger partial charge in [0.25, 0.3) is 9.84 Å². The van der Waals surface area contributed by atoms with Gasteiger partial charge in [0.15, 0.2) is 0 Å². The van der Waals surface area contributed by atoms with E-state index in [0.717, 1.165) is 43.5 Å². The summed E-state index contributed by atoms with van der Waals surface area (Å²) in [6, 6.07) is 7.25. The second kappa shape index (κ2) is 15.9. The van der Waals surface area contributed by atoms with Gasteiger partial charge >= 0.3 is 22.8 Å². The Morgan fingerprint density at radius 3 is 2.60 bits per heavy atom. The monoisotopic (exact) mass is 691 g/mol. The highest BCUT2D eigenvalue weighted by atomic mass is 35.5. The number of esters is 2. The molecule has 4 rings (SSSR count). The van der Waals surface area contributed by atoms with Gasteiger partial charge in [-0.15, -0.1) is 18.2 Å². The number of rotatable bonds is 16. The number of carbonyl (C=O) groups excluding carboxylic acids is 2. The van der Waals surface area contributed by atoms with E-state index in [-0.39, 0.29) is 53.3 Å². The lowest BCUT2D eigenvalue weighted by Crippen LogP contribution is -2.36. The van der Waals surface area contributed by atoms with Crippen LogP contribution in [-0.2, 0) is 28.9 Å². The molecule has 12 nitrogen and oxygen atoms in total. The van der Waals surface area contributed by atoms with Crippen LogP contribution in [0.1, 0.15) is 45.4 Å². The molecule has 0 spiro atoms. The van der Waals surface area contributed by atoms with Gasteiger partial charge in [-0.1, -0.05) is 55.5 Å². The Labute approximate surface area is 280 Å². The Balaban J connectivity index is 1.14. The van der Waals surface area contributed by atoms with Gasteiger partial charge in [-0.3, -0.25) is 19.1 Å². The largest absolute Gasteiger partial charge is 0.462 e. The molecule has 1 aromatic heterocycles. The molecule has 0 radical (unpaired) electrons. The highest BCUT2D eigenvalue weighted by molar-refractivity contribution is 7.91. The minimum absolute atomic E-state index is 0.0201. The summed E-state index contributed by atoms with van der Waals surface area (Å²) in [5, 5.41) is 14.5. The molecule has 47 heavy (non-hydrogen) atoms. The van der Waals surface area contributed by atoms with Crippen LogP contribution in [-0.4, -0.2) is 75.2 Å². The van der Waals surface area contributed by atoms with E-state index in [9.17, 15) is 23.2 Å². The average molecular weight is 692 g/mol. The van der Waals surface area contributed by atoms with Crippen molar-refractivity contribution in [1.82, 2.24) is 10.1 Å². The maximum Gasteiger partial charge on any atom is 0.415 e. The molecule has 2 fully saturated rings. The number of aromatic nitrogens is 2. The SMILES string of the molecule is C=C[C@]1(C)CC[C@@H](C(=C)CN2CC[C@H](OC(=O)CCC(=O)OCCOc3no[n+]([O-])c3S(=O)(=O)c3ccccc3)C2)C[C@H]1C(=C)CCl. The molecular weight excluding hydrogens is 650 g/mol. The van der Waals surface area contributed by atoms with Crippen molar-refractivity contribution < 1.29 is 41.7 Å². The Morgan fingerprint density at radius 1 is 1.17 bits per heavy atom. The summed E-state index contributed by atoms with van der Waals surface area (Å²) in [4.78, 5) is 26.4. The maximum atomic E-state index is 12.8. The predicted molar refractivity (Wildman–Crippen MR) is 172 cm³/mol. The summed E-state index contributed by atoms with van der Waals surface area (Å²) in [5.41, 5.74) is 2.17. The molecule has 1 saturated heterocycles. The Bertz CT molecular complexity index is 1560. The number of hydrogen-bond donors (Lipinski definition) is 0. The lowest BCUT2D eigenvalue weighted by Gasteiger charge is -2.44. The zero-order chi connectivity index (χ0) is 34.2. The second-order valence-corrected chi connectivity index (χ2v) is 14.4. The van der Waals surface area contributed by atoms with E-state index in [1.165, 1.54) is 24.3 Å². The number of carbonyl (C=O) groups is 2. The first-order valence-corrected chi connectivity index (χ1v) is 17.5. The summed E-state index contributed by atoms with van der Waals surface area (Å²) in [6.45, 7) is 16.4. The third-order valence-corrected chi connectivity index (χ3v) is 11.1. The molecular formula is C33H42ClN3O9S. The first kappa shape index (κ1) is 36.2. The van der Waals surface area contributed by atoms with Gasteiger partial charge in [0.05, 0.1) is 22.9 Å². The van der Waals surface area contributed by atoms with Crippen LogP contribution in [0.25, 0.3) is 0 Å². The van der Waals surface area contributed by atoms with Crippen LogP contribution in [0.2, 0.25) is 0 Å². The Morgan fingerprint density at radius 2 is 1.89 bits per heavy atom. The van der Waals surface area contributed by atoms with E-state index < -0.39 is 32.7 Å². The topological polar surface area (TPSA) is 152 Å². The fourth-order valence-corrected chi connectivity index (χ4v) is 7.66. The van der Waals surface area contributed by atoms with Crippen molar-refractivity contribution in [3.63, 3.8) is 0 Å². The van der Waals surface area contributed by atoms with E-state index in [0.29, 0.717) is 24.8 Å². The van der Waals surface area contributed by atoms with Crippen LogP contribution in [0.5, 0.6) is 5.88 Å². The van der Waals surface area contributed by atoms with Crippen molar-refractivity contribution >= 4 is 33.4 Å². The number of alkyl halides is 1. The molecule has 2 aromatic rings. The summed E-state index contributed by atoms with van der Waals surface area (Å²) >= 11 is 6.15. The molecule has 1 aromatic carbocycles. The van der Waals surface area contributed by atoms with Crippen LogP contribution < -0.4 is 9.64 Å². The molecule has 0 bridgehead atoms. The van der Waals surface area contributed by atoms with Crippen molar-refractivity contribution in [3.05, 3.63) is 72.5 Å². The molecule has 1 saturated carbocycles. The number of halogens is 1. The highest BCUT2D eigenvalue weighted by Gasteiger charge is 2.40. The smallest absolute Gasteiger partial charge is 0.415 e. The lowest BCUT2D eigenvalue weighted by molar-refractivity contribution is -0.832. The standard InChI is InChI=1S/C33H42ClN3O9S/c1-5-33(4)15-13-25(19-28(33)23(2)20-34)24(3)21-36-16-14-26(22-36)45-30(39)12-11-29(38)43-17-18-44-31-32(37(40)46-35-31)47(41,42)27-9-7-6-8-10-27/h5-10,25-26,28H,1-3,11-22H2,4H3/t25-,26+,28+,33-/m1/s1. The number of allylic oxidation sites excluding steroid dienone is 2. The van der Waals surface area contributed by atoms with E-state index >= 15 is 0 Å². The molecule has 1 aliphatic heterocycles. The first-order valence-electron chi connectivity index (χ1n) is 15.5. The van der Waals surface area contributed by atoms with E-state index in [1.807, 2.05) is 6.08 Å². The van der Waals surface area contributed by atoms with E-state index in [4.69, 9.17) is 25.8 Å². The molecule has 4 atom stereocenters. The summed E-state index contributed by atoms with van der Waals surface area (Å²) in [6.07, 6.45) is 5.07. The van der Waals surface area contributed by atoms with Gasteiger partial charge in [0, 0.05) is 25.5 Å². The quantitative estimate of drug-likeness (QED) is 0.0809. The molecule has 1 aliphatic carbocycles. The fraction of sp³-hybridized carbons (Fsp3) is 0.515. The average Bonchev–Trinajstić information content (AvgIpc) is 3.67. The molecule has 2 aliphatic rings. The number of ether oxygens (including phenoxy) is 3. The van der Waals surface area contributed by atoms with Crippen LogP contribution in [0, 0.1) is 22.5 Å². The van der Waals surface area contributed by atoms with Crippen molar-refractivity contribution in [1.29, 1.82) is 0 Å². The van der Waals surface area contributed by atoms with Crippen molar-refractivity contribution in [2.75, 3.05) is 38.7 Å². The van der Waals surface area contributed by atoms with Crippen molar-refractivity contribution in [3.8, 4) is 5.88 Å². The van der Waals surface area contributed by atoms with Gasteiger partial charge in [-0.05, 0) is 60.0 Å². The molecule has 0 amide bonds. The number of sulfone groups is 1. The van der Waals surface area contributed by atoms with Crippen molar-refractivity contribution in [2.45, 2.75) is 61.5 Å². The normalized spacial score (nSPS) is 23.1. The van der Waals surface area contributed by atoms with Crippen LogP contribution in [0.3, 0.4) is 0 Å². The van der Waals surface area contributed by atoms with Crippen molar-refractivity contribution in [2.24, 2.45) is 17.3 Å². The Hall–Kier alpha value is -3.68. The number of likely N-dealkylation sites (tertiary alicyclic amines) is 1. The highest BCUT2D eigenvalue weighted by Crippen LogP contribution is 2.49. The van der Waals surface area contributed by atoms with Gasteiger partial charge < -0.3 is 19.4 Å². The molecule has 2 heterocycles. The third-order valence-electron chi connectivity index (χ3n) is 8.98. The summed E-state index contributed by atoms with van der Waals surface area (Å²) in [5.74, 6) is -0.684. The first-order chi connectivity index (χ1) is 22.4. The van der Waals surface area contributed by atoms with E-state index in [1.54, 1.807) is 6.07 Å². The third kappa shape index (κ3) is 9.02. The second-order valence-electron chi connectivity index (χ2n) is 12.2. The van der Waals surface area contributed by atoms with Gasteiger partial charge in [-0.25, -0.2) is 8.42 Å². The minimum Gasteiger partial charge on any atom is -0.462 e. The van der Waals surface area contributed by atoms with Crippen LogP contribution in [0.15, 0.2) is 81.8 Å². The fourth-order valence-electron chi connectivity index (χ4n) is 6.18. The van der Waals surface area contributed by atoms with Gasteiger partial charge in [0.1, 0.15) is 19.3 Å². The van der Waals surface area contributed by atoms with Crippen LogP contribution in [0.4, 0.5) is 0 Å². The van der Waals surface area contributed by atoms with Crippen LogP contribution >= 0.6 is 11.6 Å². The molecule has 256 valence electrons. The number of benzene rings is 1. The zero-order valence-electron chi connectivity index (χ0n) is 26.6. The molecule has 0 unspecified atom stereocenters. The molecule has 0 N–H and O–H groups in total. The Kier molecular flexibility index (Phi) is 12.3. The lowest BCUT2D eigenvalue weighted by atomic mass is 9.61. The minimum atomic E-state index is -4.27. The summed E-state index contributed by atoms with van der Waals surface area (Å²) < 4.78 is 45.9. The summed E-state index contributed by atoms with van der Waals surface area (Å²) in [7, 11) is -4.27. The maximum absolute atomic E-state index is 12.8. The number of hydrogen-bond acceptors (Lipinski definition) is 11. The number of nitrogens with zero attached hydrogens (tertiary/aromatic N) is 3. The van der Waals surface area contributed by atoms with E-state index in [2.05, 4.69) is 41.3 Å². The zero-order valence-corrected chi connectivity index (χ0v) is 28.2. The molecule has 14 heteroatoms. The van der Waals surface area contributed by atoms with Gasteiger partial charge in [-0.2, -0.15) is 0 Å². The predicted octanol–water partition coefficient (Wildman–Crippen LogP) is 4.42. The van der Waals surface area contributed by atoms with Gasteiger partial charge in [0.2, 0.25) is 0 Å².